The molecule has 0 saturated heterocycles. The number of benzene rings is 2. The van der Waals surface area contributed by atoms with Crippen LogP contribution in [-0.2, 0) is 0 Å². The van der Waals surface area contributed by atoms with Crippen molar-refractivity contribution in [3.63, 3.8) is 0 Å². The van der Waals surface area contributed by atoms with Gasteiger partial charge in [-0.3, -0.25) is 0 Å². The molecule has 1 heterocycles. The van der Waals surface area contributed by atoms with Gasteiger partial charge in [0, 0.05) is 10.5 Å². The Labute approximate surface area is 129 Å². The summed E-state index contributed by atoms with van der Waals surface area (Å²) < 4.78 is 17.3. The first-order valence-electron chi connectivity index (χ1n) is 5.80. The van der Waals surface area contributed by atoms with Gasteiger partial charge < -0.3 is 19.9 Å². The van der Waals surface area contributed by atoms with Gasteiger partial charge in [0.2, 0.25) is 6.79 Å². The predicted octanol–water partition coefficient (Wildman–Crippen LogP) is 3.60. The highest BCUT2D eigenvalue weighted by Crippen LogP contribution is 2.37. The first-order valence-corrected chi connectivity index (χ1v) is 7.00. The van der Waals surface area contributed by atoms with E-state index in [9.17, 15) is 0 Å². The summed E-state index contributed by atoms with van der Waals surface area (Å²) in [6.07, 6.45) is 0. The third-order valence-corrected chi connectivity index (χ3v) is 3.49. The number of nitrogens with two attached hydrogens (primary N) is 1. The van der Waals surface area contributed by atoms with E-state index in [1.165, 1.54) is 0 Å². The van der Waals surface area contributed by atoms with Gasteiger partial charge in [0.15, 0.2) is 11.5 Å². The van der Waals surface area contributed by atoms with Gasteiger partial charge in [0.1, 0.15) is 16.5 Å². The summed E-state index contributed by atoms with van der Waals surface area (Å²) in [6.45, 7) is 0.230. The molecule has 102 valence electrons. The van der Waals surface area contributed by atoms with Crippen molar-refractivity contribution in [1.29, 1.82) is 0 Å². The Morgan fingerprint density at radius 3 is 2.75 bits per heavy atom. The van der Waals surface area contributed by atoms with Crippen molar-refractivity contribution >= 4 is 33.1 Å². The van der Waals surface area contributed by atoms with Crippen LogP contribution in [0.4, 0.5) is 0 Å². The molecule has 6 heteroatoms. The number of ether oxygens (including phenoxy) is 3. The highest BCUT2D eigenvalue weighted by atomic mass is 79.9. The second kappa shape index (κ2) is 5.30. The summed E-state index contributed by atoms with van der Waals surface area (Å²) >= 11 is 8.43. The van der Waals surface area contributed by atoms with E-state index in [0.29, 0.717) is 28.6 Å². The third-order valence-electron chi connectivity index (χ3n) is 2.78. The molecular formula is C14H10BrNO3S. The van der Waals surface area contributed by atoms with Crippen LogP contribution in [0.25, 0.3) is 0 Å². The average Bonchev–Trinajstić information content (AvgIpc) is 2.85. The standard InChI is InChI=1S/C14H10BrNO3S/c15-8-1-3-10(14(16)20)12(5-8)19-9-2-4-11-13(6-9)18-7-17-11/h1-6H,7H2,(H2,16,20). The highest BCUT2D eigenvalue weighted by Gasteiger charge is 2.15. The van der Waals surface area contributed by atoms with Crippen molar-refractivity contribution < 1.29 is 14.2 Å². The number of hydrogen-bond donors (Lipinski definition) is 1. The SMILES string of the molecule is NC(=S)c1ccc(Br)cc1Oc1ccc2c(c1)OCO2. The second-order valence-corrected chi connectivity index (χ2v) is 5.48. The van der Waals surface area contributed by atoms with Gasteiger partial charge >= 0.3 is 0 Å². The van der Waals surface area contributed by atoms with E-state index in [2.05, 4.69) is 15.9 Å². The molecule has 20 heavy (non-hydrogen) atoms. The fourth-order valence-corrected chi connectivity index (χ4v) is 2.36. The van der Waals surface area contributed by atoms with Crippen LogP contribution in [0.2, 0.25) is 0 Å². The van der Waals surface area contributed by atoms with Crippen LogP contribution >= 0.6 is 28.1 Å². The maximum Gasteiger partial charge on any atom is 0.231 e. The van der Waals surface area contributed by atoms with E-state index in [4.69, 9.17) is 32.2 Å². The molecule has 1 aliphatic heterocycles. The molecular weight excluding hydrogens is 342 g/mol. The van der Waals surface area contributed by atoms with Crippen molar-refractivity contribution in [2.75, 3.05) is 6.79 Å². The first-order chi connectivity index (χ1) is 9.63. The van der Waals surface area contributed by atoms with E-state index >= 15 is 0 Å². The maximum absolute atomic E-state index is 5.84. The van der Waals surface area contributed by atoms with Crippen molar-refractivity contribution in [2.24, 2.45) is 5.73 Å². The summed E-state index contributed by atoms with van der Waals surface area (Å²) in [5.74, 6) is 2.59. The Bertz CT molecular complexity index is 690. The molecule has 0 aromatic heterocycles. The quantitative estimate of drug-likeness (QED) is 0.856. The zero-order valence-corrected chi connectivity index (χ0v) is 12.7. The molecule has 0 atom stereocenters. The molecule has 0 bridgehead atoms. The van der Waals surface area contributed by atoms with Crippen LogP contribution in [0.5, 0.6) is 23.0 Å². The molecule has 0 unspecified atom stereocenters. The first kappa shape index (κ1) is 13.2. The largest absolute Gasteiger partial charge is 0.456 e. The van der Waals surface area contributed by atoms with Crippen LogP contribution in [-0.4, -0.2) is 11.8 Å². The lowest BCUT2D eigenvalue weighted by Crippen LogP contribution is -2.10. The summed E-state index contributed by atoms with van der Waals surface area (Å²) in [6, 6.07) is 10.9. The second-order valence-electron chi connectivity index (χ2n) is 4.12. The van der Waals surface area contributed by atoms with E-state index < -0.39 is 0 Å². The van der Waals surface area contributed by atoms with E-state index in [0.717, 1.165) is 4.47 Å². The lowest BCUT2D eigenvalue weighted by molar-refractivity contribution is 0.174. The van der Waals surface area contributed by atoms with Crippen molar-refractivity contribution in [2.45, 2.75) is 0 Å². The van der Waals surface area contributed by atoms with Crippen molar-refractivity contribution in [3.8, 4) is 23.0 Å². The molecule has 2 aromatic carbocycles. The van der Waals surface area contributed by atoms with Crippen LogP contribution in [0.15, 0.2) is 40.9 Å². The summed E-state index contributed by atoms with van der Waals surface area (Å²) in [5, 5.41) is 0. The van der Waals surface area contributed by atoms with E-state index in [1.807, 2.05) is 18.2 Å². The molecule has 3 rings (SSSR count). The number of thiocarbonyl (C=S) groups is 1. The molecule has 0 radical (unpaired) electrons. The Morgan fingerprint density at radius 1 is 1.15 bits per heavy atom. The molecule has 0 fully saturated rings. The summed E-state index contributed by atoms with van der Waals surface area (Å²) in [4.78, 5) is 0.285. The molecule has 0 aliphatic carbocycles. The molecule has 1 aliphatic rings. The normalized spacial score (nSPS) is 12.2. The van der Waals surface area contributed by atoms with Crippen LogP contribution < -0.4 is 19.9 Å². The lowest BCUT2D eigenvalue weighted by Gasteiger charge is -2.11. The van der Waals surface area contributed by atoms with Gasteiger partial charge in [0.05, 0.1) is 5.56 Å². The van der Waals surface area contributed by atoms with Crippen LogP contribution in [0, 0.1) is 0 Å². The minimum absolute atomic E-state index is 0.230. The summed E-state index contributed by atoms with van der Waals surface area (Å²) in [5.41, 5.74) is 6.38. The Kier molecular flexibility index (Phi) is 3.50. The number of rotatable bonds is 3. The molecule has 0 spiro atoms. The minimum Gasteiger partial charge on any atom is -0.456 e. The highest BCUT2D eigenvalue weighted by molar-refractivity contribution is 9.10. The van der Waals surface area contributed by atoms with Crippen molar-refractivity contribution in [1.82, 2.24) is 0 Å². The zero-order chi connectivity index (χ0) is 14.1. The third kappa shape index (κ3) is 2.57. The molecule has 0 amide bonds. The van der Waals surface area contributed by atoms with Crippen molar-refractivity contribution in [3.05, 3.63) is 46.4 Å². The number of fused-ring (bicyclic) bond motifs is 1. The van der Waals surface area contributed by atoms with Gasteiger partial charge in [-0.25, -0.2) is 0 Å². The van der Waals surface area contributed by atoms with E-state index in [1.54, 1.807) is 18.2 Å². The molecule has 2 N–H and O–H groups in total. The van der Waals surface area contributed by atoms with E-state index in [-0.39, 0.29) is 11.8 Å². The van der Waals surface area contributed by atoms with Gasteiger partial charge in [-0.2, -0.15) is 0 Å². The topological polar surface area (TPSA) is 53.7 Å². The Balaban J connectivity index is 1.95. The Morgan fingerprint density at radius 2 is 1.95 bits per heavy atom. The van der Waals surface area contributed by atoms with Gasteiger partial charge in [-0.05, 0) is 30.3 Å². The lowest BCUT2D eigenvalue weighted by atomic mass is 10.2. The predicted molar refractivity (Wildman–Crippen MR) is 82.7 cm³/mol. The monoisotopic (exact) mass is 351 g/mol. The van der Waals surface area contributed by atoms with Crippen LogP contribution in [0.1, 0.15) is 5.56 Å². The summed E-state index contributed by atoms with van der Waals surface area (Å²) in [7, 11) is 0. The minimum atomic E-state index is 0.230. The fourth-order valence-electron chi connectivity index (χ4n) is 1.85. The van der Waals surface area contributed by atoms with Crippen LogP contribution in [0.3, 0.4) is 0 Å². The molecule has 2 aromatic rings. The fraction of sp³-hybridized carbons (Fsp3) is 0.0714. The maximum atomic E-state index is 5.84. The average molecular weight is 352 g/mol. The van der Waals surface area contributed by atoms with Gasteiger partial charge in [-0.1, -0.05) is 28.1 Å². The van der Waals surface area contributed by atoms with Gasteiger partial charge in [-0.15, -0.1) is 0 Å². The molecule has 4 nitrogen and oxygen atoms in total. The number of halogens is 1. The smallest absolute Gasteiger partial charge is 0.231 e. The van der Waals surface area contributed by atoms with Gasteiger partial charge in [0.25, 0.3) is 0 Å². The number of hydrogen-bond acceptors (Lipinski definition) is 4. The molecule has 0 saturated carbocycles. The zero-order valence-electron chi connectivity index (χ0n) is 10.3. The Hall–Kier alpha value is -1.79.